The summed E-state index contributed by atoms with van der Waals surface area (Å²) in [6, 6.07) is 10.7. The molecule has 0 fully saturated rings. The van der Waals surface area contributed by atoms with Gasteiger partial charge in [-0.2, -0.15) is 0 Å². The Hall–Kier alpha value is -3.43. The Morgan fingerprint density at radius 2 is 1.94 bits per heavy atom. The average molecular weight is 457 g/mol. The molecule has 4 aromatic rings. The van der Waals surface area contributed by atoms with Gasteiger partial charge in [0.25, 0.3) is 5.91 Å². The summed E-state index contributed by atoms with van der Waals surface area (Å²) in [5, 5.41) is 2.87. The molecule has 0 atom stereocenters. The zero-order valence-electron chi connectivity index (χ0n) is 16.3. The number of ether oxygens (including phenoxy) is 1. The molecule has 1 N–H and O–H groups in total. The molecule has 0 saturated carbocycles. The number of amides is 1. The molecule has 0 unspecified atom stereocenters. The van der Waals surface area contributed by atoms with E-state index in [4.69, 9.17) is 16.3 Å². The molecule has 1 amide bonds. The molecule has 0 radical (unpaired) electrons. The Morgan fingerprint density at radius 1 is 1.16 bits per heavy atom. The van der Waals surface area contributed by atoms with Crippen LogP contribution in [0.15, 0.2) is 77.0 Å². The van der Waals surface area contributed by atoms with Gasteiger partial charge in [0.15, 0.2) is 0 Å². The van der Waals surface area contributed by atoms with Crippen molar-refractivity contribution in [2.45, 2.75) is 16.3 Å². The first kappa shape index (κ1) is 20.8. The maximum absolute atomic E-state index is 12.9. The number of aromatic nitrogens is 3. The molecule has 8 nitrogen and oxygen atoms in total. The fraction of sp³-hybridized carbons (Fsp3) is 0.0952. The minimum atomic E-state index is -3.79. The van der Waals surface area contributed by atoms with Crippen molar-refractivity contribution in [2.75, 3.05) is 7.11 Å². The molecule has 4 rings (SSSR count). The van der Waals surface area contributed by atoms with Gasteiger partial charge in [0.05, 0.1) is 27.5 Å². The number of carbonyl (C=O) groups is 1. The van der Waals surface area contributed by atoms with E-state index in [-0.39, 0.29) is 27.3 Å². The number of fused-ring (bicyclic) bond motifs is 1. The molecule has 0 saturated heterocycles. The number of hydrogen-bond acceptors (Lipinski definition) is 6. The van der Waals surface area contributed by atoms with Crippen LogP contribution in [0.25, 0.3) is 5.78 Å². The van der Waals surface area contributed by atoms with Gasteiger partial charge in [-0.25, -0.2) is 18.4 Å². The third-order valence-corrected chi connectivity index (χ3v) is 6.88. The summed E-state index contributed by atoms with van der Waals surface area (Å²) in [6.07, 6.45) is 6.39. The second-order valence-electron chi connectivity index (χ2n) is 6.60. The van der Waals surface area contributed by atoms with Gasteiger partial charge in [0, 0.05) is 37.4 Å². The van der Waals surface area contributed by atoms with Gasteiger partial charge >= 0.3 is 0 Å². The normalized spacial score (nSPS) is 11.4. The number of hydrogen-bond donors (Lipinski definition) is 1. The molecule has 0 spiro atoms. The summed E-state index contributed by atoms with van der Waals surface area (Å²) in [5.74, 6) is 0.674. The summed E-state index contributed by atoms with van der Waals surface area (Å²) in [6.45, 7) is 0.227. The maximum Gasteiger partial charge on any atom is 0.254 e. The van der Waals surface area contributed by atoms with Crippen molar-refractivity contribution >= 4 is 33.1 Å². The lowest BCUT2D eigenvalue weighted by Crippen LogP contribution is -2.23. The average Bonchev–Trinajstić information content (AvgIpc) is 3.25. The van der Waals surface area contributed by atoms with Crippen molar-refractivity contribution < 1.29 is 17.9 Å². The van der Waals surface area contributed by atoms with Crippen molar-refractivity contribution in [3.05, 3.63) is 83.4 Å². The van der Waals surface area contributed by atoms with E-state index < -0.39 is 9.84 Å². The number of rotatable bonds is 6. The van der Waals surface area contributed by atoms with Gasteiger partial charge in [0.1, 0.15) is 5.75 Å². The van der Waals surface area contributed by atoms with E-state index in [2.05, 4.69) is 15.3 Å². The Labute approximate surface area is 183 Å². The maximum atomic E-state index is 12.9. The van der Waals surface area contributed by atoms with Gasteiger partial charge in [-0.05, 0) is 29.8 Å². The Kier molecular flexibility index (Phi) is 5.62. The van der Waals surface area contributed by atoms with Crippen LogP contribution in [-0.2, 0) is 16.4 Å². The fourth-order valence-corrected chi connectivity index (χ4v) is 4.74. The van der Waals surface area contributed by atoms with Gasteiger partial charge in [-0.1, -0.05) is 23.7 Å². The first-order valence-corrected chi connectivity index (χ1v) is 11.0. The molecule has 158 valence electrons. The predicted octanol–water partition coefficient (Wildman–Crippen LogP) is 3.15. The zero-order valence-corrected chi connectivity index (χ0v) is 17.9. The number of nitrogens with zero attached hydrogens (tertiary/aromatic N) is 3. The minimum Gasteiger partial charge on any atom is -0.497 e. The van der Waals surface area contributed by atoms with Crippen LogP contribution in [0.1, 0.15) is 15.9 Å². The molecule has 10 heteroatoms. The molecular formula is C21H17ClN4O4S. The molecule has 2 heterocycles. The molecule has 2 aromatic carbocycles. The molecule has 0 aliphatic heterocycles. The fourth-order valence-electron chi connectivity index (χ4n) is 2.96. The molecule has 0 aliphatic rings. The van der Waals surface area contributed by atoms with Crippen LogP contribution in [0, 0.1) is 0 Å². The highest BCUT2D eigenvalue weighted by Gasteiger charge is 2.21. The van der Waals surface area contributed by atoms with Crippen LogP contribution >= 0.6 is 11.6 Å². The second kappa shape index (κ2) is 8.37. The first-order chi connectivity index (χ1) is 14.9. The highest BCUT2D eigenvalue weighted by molar-refractivity contribution is 7.91. The van der Waals surface area contributed by atoms with Gasteiger partial charge in [-0.3, -0.25) is 9.20 Å². The smallest absolute Gasteiger partial charge is 0.254 e. The molecular weight excluding hydrogens is 440 g/mol. The summed E-state index contributed by atoms with van der Waals surface area (Å²) in [4.78, 5) is 20.6. The predicted molar refractivity (Wildman–Crippen MR) is 114 cm³/mol. The van der Waals surface area contributed by atoms with Crippen molar-refractivity contribution in [3.63, 3.8) is 0 Å². The summed E-state index contributed by atoms with van der Waals surface area (Å²) >= 11 is 6.13. The summed E-state index contributed by atoms with van der Waals surface area (Å²) in [5.41, 5.74) is 1.13. The van der Waals surface area contributed by atoms with Crippen molar-refractivity contribution in [2.24, 2.45) is 0 Å². The number of nitrogens with one attached hydrogen (secondary N) is 1. The van der Waals surface area contributed by atoms with Gasteiger partial charge < -0.3 is 10.1 Å². The van der Waals surface area contributed by atoms with Crippen molar-refractivity contribution in [1.29, 1.82) is 0 Å². The van der Waals surface area contributed by atoms with Crippen LogP contribution in [0.4, 0.5) is 0 Å². The van der Waals surface area contributed by atoms with E-state index >= 15 is 0 Å². The van der Waals surface area contributed by atoms with E-state index in [0.717, 1.165) is 5.56 Å². The van der Waals surface area contributed by atoms with Gasteiger partial charge in [-0.15, -0.1) is 0 Å². The molecule has 0 aliphatic carbocycles. The summed E-state index contributed by atoms with van der Waals surface area (Å²) < 4.78 is 32.5. The first-order valence-electron chi connectivity index (χ1n) is 9.13. The van der Waals surface area contributed by atoms with Gasteiger partial charge in [0.2, 0.25) is 15.6 Å². The van der Waals surface area contributed by atoms with Crippen LogP contribution in [0.3, 0.4) is 0 Å². The highest BCUT2D eigenvalue weighted by Crippen LogP contribution is 2.30. The summed E-state index contributed by atoms with van der Waals surface area (Å²) in [7, 11) is -2.32. The Balaban J connectivity index is 1.47. The third-order valence-electron chi connectivity index (χ3n) is 4.62. The number of halogens is 1. The van der Waals surface area contributed by atoms with Crippen LogP contribution in [0.2, 0.25) is 5.02 Å². The van der Waals surface area contributed by atoms with E-state index in [1.165, 1.54) is 37.6 Å². The molecule has 2 aromatic heterocycles. The number of benzene rings is 2. The quantitative estimate of drug-likeness (QED) is 0.478. The monoisotopic (exact) mass is 456 g/mol. The number of carbonyl (C=O) groups excluding carboxylic acids is 1. The van der Waals surface area contributed by atoms with E-state index in [9.17, 15) is 13.2 Å². The van der Waals surface area contributed by atoms with Crippen molar-refractivity contribution in [3.8, 4) is 5.75 Å². The number of methoxy groups -OCH3 is 1. The molecule has 0 bridgehead atoms. The highest BCUT2D eigenvalue weighted by atomic mass is 35.5. The minimum absolute atomic E-state index is 0.00147. The van der Waals surface area contributed by atoms with Crippen molar-refractivity contribution in [1.82, 2.24) is 19.7 Å². The van der Waals surface area contributed by atoms with Crippen LogP contribution in [0.5, 0.6) is 5.75 Å². The third kappa shape index (κ3) is 4.23. The SMILES string of the molecule is COc1ccc(S(=O)(=O)c2ccc(CNC(=O)c3cnc4nccn4c3)cc2)c(Cl)c1. The lowest BCUT2D eigenvalue weighted by atomic mass is 10.2. The number of imidazole rings is 1. The van der Waals surface area contributed by atoms with E-state index in [1.54, 1.807) is 41.2 Å². The molecule has 31 heavy (non-hydrogen) atoms. The lowest BCUT2D eigenvalue weighted by molar-refractivity contribution is 0.0950. The Bertz CT molecular complexity index is 1370. The van der Waals surface area contributed by atoms with E-state index in [1.807, 2.05) is 0 Å². The standard InChI is InChI=1S/C21H17ClN4O4S/c1-30-16-4-7-19(18(22)10-16)31(28,29)17-5-2-14(3-6-17)11-24-20(27)15-12-25-21-23-8-9-26(21)13-15/h2-10,12-13H,11H2,1H3,(H,24,27). The van der Waals surface area contributed by atoms with E-state index in [0.29, 0.717) is 17.1 Å². The number of sulfone groups is 1. The van der Waals surface area contributed by atoms with Crippen LogP contribution < -0.4 is 10.1 Å². The largest absolute Gasteiger partial charge is 0.497 e. The Morgan fingerprint density at radius 3 is 2.65 bits per heavy atom. The van der Waals surface area contributed by atoms with Crippen LogP contribution in [-0.4, -0.2) is 35.8 Å². The topological polar surface area (TPSA) is 103 Å². The second-order valence-corrected chi connectivity index (χ2v) is 8.93. The lowest BCUT2D eigenvalue weighted by Gasteiger charge is -2.10. The zero-order chi connectivity index (χ0) is 22.0.